The van der Waals surface area contributed by atoms with Crippen molar-refractivity contribution < 1.29 is 0 Å². The van der Waals surface area contributed by atoms with Gasteiger partial charge in [-0.3, -0.25) is 0 Å². The molecule has 0 aromatic heterocycles. The maximum atomic E-state index is 3.65. The molecular weight excluding hydrogens is 232 g/mol. The summed E-state index contributed by atoms with van der Waals surface area (Å²) in [5.74, 6) is 0. The van der Waals surface area contributed by atoms with E-state index in [4.69, 9.17) is 0 Å². The predicted molar refractivity (Wildman–Crippen MR) is 80.2 cm³/mol. The fourth-order valence-corrected chi connectivity index (χ4v) is 3.51. The van der Waals surface area contributed by atoms with Gasteiger partial charge < -0.3 is 10.2 Å². The van der Waals surface area contributed by atoms with Gasteiger partial charge in [-0.05, 0) is 56.4 Å². The van der Waals surface area contributed by atoms with Crippen LogP contribution in [0.4, 0.5) is 0 Å². The van der Waals surface area contributed by atoms with Crippen LogP contribution in [0.1, 0.15) is 55.7 Å². The molecule has 2 heterocycles. The van der Waals surface area contributed by atoms with Crippen molar-refractivity contribution in [2.24, 2.45) is 0 Å². The summed E-state index contributed by atoms with van der Waals surface area (Å²) < 4.78 is 0. The Morgan fingerprint density at radius 1 is 1.05 bits per heavy atom. The third kappa shape index (κ3) is 3.37. The largest absolute Gasteiger partial charge is 0.306 e. The molecule has 1 N–H and O–H groups in total. The Hall–Kier alpha value is -0.860. The lowest BCUT2D eigenvalue weighted by Gasteiger charge is -2.20. The Labute approximate surface area is 117 Å². The summed E-state index contributed by atoms with van der Waals surface area (Å²) in [7, 11) is 0. The molecule has 0 bridgehead atoms. The highest BCUT2D eigenvalue weighted by molar-refractivity contribution is 5.33. The SMILES string of the molecule is c1ccc2c(c1)CNC2CCCN1CCCCCC1. The molecule has 2 nitrogen and oxygen atoms in total. The minimum Gasteiger partial charge on any atom is -0.306 e. The minimum atomic E-state index is 0.600. The lowest BCUT2D eigenvalue weighted by molar-refractivity contribution is 0.274. The molecule has 1 aromatic rings. The fourth-order valence-electron chi connectivity index (χ4n) is 3.51. The zero-order valence-corrected chi connectivity index (χ0v) is 11.9. The molecule has 1 fully saturated rings. The molecular formula is C17H26N2. The first-order valence-electron chi connectivity index (χ1n) is 7.97. The van der Waals surface area contributed by atoms with Gasteiger partial charge in [0.15, 0.2) is 0 Å². The monoisotopic (exact) mass is 258 g/mol. The van der Waals surface area contributed by atoms with Crippen LogP contribution in [0.5, 0.6) is 0 Å². The second-order valence-corrected chi connectivity index (χ2v) is 6.03. The van der Waals surface area contributed by atoms with Crippen molar-refractivity contribution in [2.75, 3.05) is 19.6 Å². The number of hydrogen-bond donors (Lipinski definition) is 1. The molecule has 2 aliphatic rings. The number of benzene rings is 1. The first kappa shape index (κ1) is 13.1. The molecule has 2 aliphatic heterocycles. The number of rotatable bonds is 4. The molecule has 0 amide bonds. The molecule has 3 rings (SSSR count). The summed E-state index contributed by atoms with van der Waals surface area (Å²) in [4.78, 5) is 2.67. The van der Waals surface area contributed by atoms with Crippen LogP contribution >= 0.6 is 0 Å². The van der Waals surface area contributed by atoms with Crippen LogP contribution in [0, 0.1) is 0 Å². The van der Waals surface area contributed by atoms with Crippen LogP contribution in [-0.2, 0) is 6.54 Å². The van der Waals surface area contributed by atoms with E-state index in [2.05, 4.69) is 34.5 Å². The third-order valence-electron chi connectivity index (χ3n) is 4.64. The Bertz CT molecular complexity index is 394. The van der Waals surface area contributed by atoms with Crippen molar-refractivity contribution in [3.8, 4) is 0 Å². The van der Waals surface area contributed by atoms with Crippen molar-refractivity contribution in [3.05, 3.63) is 35.4 Å². The van der Waals surface area contributed by atoms with Crippen LogP contribution in [0.15, 0.2) is 24.3 Å². The van der Waals surface area contributed by atoms with E-state index >= 15 is 0 Å². The molecule has 19 heavy (non-hydrogen) atoms. The van der Waals surface area contributed by atoms with E-state index in [1.807, 2.05) is 0 Å². The van der Waals surface area contributed by atoms with E-state index in [1.165, 1.54) is 63.7 Å². The second-order valence-electron chi connectivity index (χ2n) is 6.03. The first-order valence-corrected chi connectivity index (χ1v) is 7.97. The normalized spacial score (nSPS) is 24.1. The molecule has 0 aliphatic carbocycles. The van der Waals surface area contributed by atoms with Crippen molar-refractivity contribution in [2.45, 2.75) is 51.1 Å². The lowest BCUT2D eigenvalue weighted by atomic mass is 10.0. The van der Waals surface area contributed by atoms with Gasteiger partial charge in [-0.25, -0.2) is 0 Å². The summed E-state index contributed by atoms with van der Waals surface area (Å²) in [5.41, 5.74) is 3.04. The molecule has 1 unspecified atom stereocenters. The van der Waals surface area contributed by atoms with Crippen molar-refractivity contribution in [1.29, 1.82) is 0 Å². The van der Waals surface area contributed by atoms with Crippen LogP contribution in [0.25, 0.3) is 0 Å². The average Bonchev–Trinajstić information content (AvgIpc) is 2.68. The van der Waals surface area contributed by atoms with E-state index in [9.17, 15) is 0 Å². The van der Waals surface area contributed by atoms with Gasteiger partial charge in [0.25, 0.3) is 0 Å². The highest BCUT2D eigenvalue weighted by Crippen LogP contribution is 2.28. The van der Waals surface area contributed by atoms with E-state index < -0.39 is 0 Å². The van der Waals surface area contributed by atoms with Gasteiger partial charge in [-0.15, -0.1) is 0 Å². The average molecular weight is 258 g/mol. The Kier molecular flexibility index (Phi) is 4.52. The number of nitrogens with one attached hydrogen (secondary N) is 1. The lowest BCUT2D eigenvalue weighted by Crippen LogP contribution is -2.26. The van der Waals surface area contributed by atoms with Crippen molar-refractivity contribution in [1.82, 2.24) is 10.2 Å². The molecule has 0 radical (unpaired) electrons. The summed E-state index contributed by atoms with van der Waals surface area (Å²) in [6.45, 7) is 5.01. The molecule has 104 valence electrons. The van der Waals surface area contributed by atoms with Gasteiger partial charge in [-0.2, -0.15) is 0 Å². The van der Waals surface area contributed by atoms with Gasteiger partial charge in [0.1, 0.15) is 0 Å². The highest BCUT2D eigenvalue weighted by Gasteiger charge is 2.20. The standard InChI is InChI=1S/C17H26N2/c1-2-6-12-19(11-5-1)13-7-10-17-16-9-4-3-8-15(16)14-18-17/h3-4,8-9,17-18H,1-2,5-7,10-14H2. The highest BCUT2D eigenvalue weighted by atomic mass is 15.1. The summed E-state index contributed by atoms with van der Waals surface area (Å²) in [5, 5.41) is 3.65. The van der Waals surface area contributed by atoms with Gasteiger partial charge in [0.2, 0.25) is 0 Å². The number of nitrogens with zero attached hydrogens (tertiary/aromatic N) is 1. The van der Waals surface area contributed by atoms with Crippen molar-refractivity contribution in [3.63, 3.8) is 0 Å². The predicted octanol–water partition coefficient (Wildman–Crippen LogP) is 3.49. The van der Waals surface area contributed by atoms with Gasteiger partial charge >= 0.3 is 0 Å². The zero-order valence-electron chi connectivity index (χ0n) is 11.9. The smallest absolute Gasteiger partial charge is 0.0326 e. The topological polar surface area (TPSA) is 15.3 Å². The second kappa shape index (κ2) is 6.53. The van der Waals surface area contributed by atoms with Crippen LogP contribution in [0.2, 0.25) is 0 Å². The third-order valence-corrected chi connectivity index (χ3v) is 4.64. The van der Waals surface area contributed by atoms with Crippen LogP contribution < -0.4 is 5.32 Å². The van der Waals surface area contributed by atoms with E-state index in [1.54, 1.807) is 5.56 Å². The number of hydrogen-bond acceptors (Lipinski definition) is 2. The summed E-state index contributed by atoms with van der Waals surface area (Å²) in [6, 6.07) is 9.49. The quantitative estimate of drug-likeness (QED) is 0.889. The van der Waals surface area contributed by atoms with Gasteiger partial charge in [0.05, 0.1) is 0 Å². The van der Waals surface area contributed by atoms with E-state index in [0.29, 0.717) is 6.04 Å². The van der Waals surface area contributed by atoms with Crippen LogP contribution in [0.3, 0.4) is 0 Å². The molecule has 0 saturated carbocycles. The molecule has 0 spiro atoms. The van der Waals surface area contributed by atoms with E-state index in [0.717, 1.165) is 6.54 Å². The Balaban J connectivity index is 1.45. The number of likely N-dealkylation sites (tertiary alicyclic amines) is 1. The number of fused-ring (bicyclic) bond motifs is 1. The Morgan fingerprint density at radius 2 is 1.84 bits per heavy atom. The maximum Gasteiger partial charge on any atom is 0.0326 e. The fraction of sp³-hybridized carbons (Fsp3) is 0.647. The minimum absolute atomic E-state index is 0.600. The summed E-state index contributed by atoms with van der Waals surface area (Å²) >= 11 is 0. The van der Waals surface area contributed by atoms with Crippen LogP contribution in [-0.4, -0.2) is 24.5 Å². The molecule has 1 atom stereocenters. The molecule has 1 aromatic carbocycles. The maximum absolute atomic E-state index is 3.65. The molecule has 1 saturated heterocycles. The van der Waals surface area contributed by atoms with Gasteiger partial charge in [-0.1, -0.05) is 37.1 Å². The van der Waals surface area contributed by atoms with E-state index in [-0.39, 0.29) is 0 Å². The van der Waals surface area contributed by atoms with Crippen molar-refractivity contribution >= 4 is 0 Å². The van der Waals surface area contributed by atoms with Gasteiger partial charge in [0, 0.05) is 12.6 Å². The molecule has 2 heteroatoms. The summed E-state index contributed by atoms with van der Waals surface area (Å²) in [6.07, 6.45) is 8.30. The Morgan fingerprint density at radius 3 is 2.68 bits per heavy atom. The zero-order chi connectivity index (χ0) is 12.9. The first-order chi connectivity index (χ1) is 9.43.